The van der Waals surface area contributed by atoms with Crippen LogP contribution in [0.5, 0.6) is 11.5 Å². The van der Waals surface area contributed by atoms with Gasteiger partial charge in [0.15, 0.2) is 0 Å². The van der Waals surface area contributed by atoms with Crippen LogP contribution in [0, 0.1) is 0 Å². The van der Waals surface area contributed by atoms with Crippen molar-refractivity contribution in [2.45, 2.75) is 96.8 Å². The first kappa shape index (κ1) is 19.9. The van der Waals surface area contributed by atoms with Crippen molar-refractivity contribution in [3.63, 3.8) is 0 Å². The summed E-state index contributed by atoms with van der Waals surface area (Å²) in [4.78, 5) is 0. The van der Waals surface area contributed by atoms with Crippen LogP contribution in [-0.4, -0.2) is 10.2 Å². The summed E-state index contributed by atoms with van der Waals surface area (Å²) in [6, 6.07) is 4.81. The third-order valence-electron chi connectivity index (χ3n) is 4.78. The smallest absolute Gasteiger partial charge is 0.119 e. The van der Waals surface area contributed by atoms with E-state index in [1.807, 2.05) is 0 Å². The normalized spacial score (nSPS) is 12.4. The first-order valence-electron chi connectivity index (χ1n) is 9.67. The number of hydrogen-bond donors (Lipinski definition) is 2. The fourth-order valence-electron chi connectivity index (χ4n) is 3.21. The first-order chi connectivity index (χ1) is 11.1. The maximum Gasteiger partial charge on any atom is 0.119 e. The van der Waals surface area contributed by atoms with Crippen molar-refractivity contribution in [3.05, 3.63) is 23.8 Å². The van der Waals surface area contributed by atoms with Crippen LogP contribution < -0.4 is 0 Å². The summed E-state index contributed by atoms with van der Waals surface area (Å²) >= 11 is 0. The van der Waals surface area contributed by atoms with E-state index in [0.717, 1.165) is 12.0 Å². The third-order valence-corrected chi connectivity index (χ3v) is 4.78. The molecule has 0 saturated heterocycles. The van der Waals surface area contributed by atoms with Crippen LogP contribution in [0.2, 0.25) is 0 Å². The predicted molar refractivity (Wildman–Crippen MR) is 99.3 cm³/mol. The zero-order valence-electron chi connectivity index (χ0n) is 15.2. The number of phenolic OH excluding ortho intramolecular Hbond substituents is 2. The van der Waals surface area contributed by atoms with Gasteiger partial charge in [0.05, 0.1) is 0 Å². The minimum absolute atomic E-state index is 0.239. The molecule has 23 heavy (non-hydrogen) atoms. The van der Waals surface area contributed by atoms with Crippen LogP contribution in [0.4, 0.5) is 0 Å². The molecular formula is C21H36O2. The van der Waals surface area contributed by atoms with Crippen molar-refractivity contribution in [1.82, 2.24) is 0 Å². The van der Waals surface area contributed by atoms with Crippen LogP contribution in [-0.2, 0) is 0 Å². The quantitative estimate of drug-likeness (QED) is 0.306. The molecule has 0 amide bonds. The molecule has 132 valence electrons. The van der Waals surface area contributed by atoms with Gasteiger partial charge in [-0.1, -0.05) is 84.5 Å². The fourth-order valence-corrected chi connectivity index (χ4v) is 3.21. The Bertz CT molecular complexity index is 414. The minimum atomic E-state index is 0.239. The summed E-state index contributed by atoms with van der Waals surface area (Å²) < 4.78 is 0. The Labute approximate surface area is 142 Å². The summed E-state index contributed by atoms with van der Waals surface area (Å²) in [6.45, 7) is 4.40. The molecule has 0 heterocycles. The van der Waals surface area contributed by atoms with E-state index in [2.05, 4.69) is 13.8 Å². The highest BCUT2D eigenvalue weighted by Crippen LogP contribution is 2.32. The van der Waals surface area contributed by atoms with Gasteiger partial charge in [-0.15, -0.1) is 0 Å². The Morgan fingerprint density at radius 3 is 1.87 bits per heavy atom. The lowest BCUT2D eigenvalue weighted by Crippen LogP contribution is -1.94. The Kier molecular flexibility index (Phi) is 10.6. The van der Waals surface area contributed by atoms with E-state index in [0.29, 0.717) is 11.7 Å². The molecule has 0 radical (unpaired) electrons. The molecule has 0 spiro atoms. The maximum atomic E-state index is 9.87. The second-order valence-electron chi connectivity index (χ2n) is 6.97. The van der Waals surface area contributed by atoms with Crippen molar-refractivity contribution in [2.24, 2.45) is 0 Å². The predicted octanol–water partition coefficient (Wildman–Crippen LogP) is 6.90. The van der Waals surface area contributed by atoms with Gasteiger partial charge in [-0.3, -0.25) is 0 Å². The minimum Gasteiger partial charge on any atom is -0.508 e. The Balaban J connectivity index is 2.01. The summed E-state index contributed by atoms with van der Waals surface area (Å²) in [6.07, 6.45) is 16.0. The fraction of sp³-hybridized carbons (Fsp3) is 0.714. The molecule has 0 bridgehead atoms. The number of phenols is 2. The highest BCUT2D eigenvalue weighted by Gasteiger charge is 2.10. The van der Waals surface area contributed by atoms with Crippen LogP contribution in [0.1, 0.15) is 102 Å². The molecule has 1 aromatic carbocycles. The summed E-state index contributed by atoms with van der Waals surface area (Å²) in [5.74, 6) is 0.850. The SMILES string of the molecule is CCCCCCCCCCCCCC(C)c1cc(O)ccc1O. The van der Waals surface area contributed by atoms with Crippen molar-refractivity contribution < 1.29 is 10.2 Å². The molecule has 1 rings (SSSR count). The molecule has 0 saturated carbocycles. The number of hydrogen-bond acceptors (Lipinski definition) is 2. The zero-order chi connectivity index (χ0) is 16.9. The van der Waals surface area contributed by atoms with Gasteiger partial charge in [-0.2, -0.15) is 0 Å². The van der Waals surface area contributed by atoms with E-state index in [4.69, 9.17) is 0 Å². The van der Waals surface area contributed by atoms with Gasteiger partial charge in [0.25, 0.3) is 0 Å². The van der Waals surface area contributed by atoms with E-state index in [1.165, 1.54) is 76.7 Å². The summed E-state index contributed by atoms with van der Waals surface area (Å²) in [7, 11) is 0. The van der Waals surface area contributed by atoms with Crippen molar-refractivity contribution in [1.29, 1.82) is 0 Å². The molecule has 1 unspecified atom stereocenters. The van der Waals surface area contributed by atoms with Gasteiger partial charge in [0.2, 0.25) is 0 Å². The van der Waals surface area contributed by atoms with Gasteiger partial charge in [0, 0.05) is 5.56 Å². The molecule has 2 N–H and O–H groups in total. The van der Waals surface area contributed by atoms with Crippen LogP contribution in [0.15, 0.2) is 18.2 Å². The zero-order valence-corrected chi connectivity index (χ0v) is 15.2. The molecule has 0 aliphatic rings. The molecule has 0 aliphatic carbocycles. The number of benzene rings is 1. The van der Waals surface area contributed by atoms with Gasteiger partial charge < -0.3 is 10.2 Å². The van der Waals surface area contributed by atoms with E-state index >= 15 is 0 Å². The first-order valence-corrected chi connectivity index (χ1v) is 9.67. The molecule has 2 heteroatoms. The van der Waals surface area contributed by atoms with Crippen molar-refractivity contribution >= 4 is 0 Å². The lowest BCUT2D eigenvalue weighted by atomic mass is 9.93. The van der Waals surface area contributed by atoms with Gasteiger partial charge >= 0.3 is 0 Å². The molecule has 0 aliphatic heterocycles. The second kappa shape index (κ2) is 12.3. The molecule has 0 fully saturated rings. The molecule has 2 nitrogen and oxygen atoms in total. The van der Waals surface area contributed by atoms with Gasteiger partial charge in [0.1, 0.15) is 11.5 Å². The van der Waals surface area contributed by atoms with Gasteiger partial charge in [-0.25, -0.2) is 0 Å². The lowest BCUT2D eigenvalue weighted by molar-refractivity contribution is 0.445. The molecule has 0 aromatic heterocycles. The average Bonchev–Trinajstić information content (AvgIpc) is 2.54. The van der Waals surface area contributed by atoms with Gasteiger partial charge in [-0.05, 0) is 30.5 Å². The highest BCUT2D eigenvalue weighted by atomic mass is 16.3. The number of aromatic hydroxyl groups is 2. The monoisotopic (exact) mass is 320 g/mol. The number of rotatable bonds is 13. The van der Waals surface area contributed by atoms with E-state index in [1.54, 1.807) is 12.1 Å². The Morgan fingerprint density at radius 1 is 0.783 bits per heavy atom. The van der Waals surface area contributed by atoms with Crippen LogP contribution >= 0.6 is 0 Å². The standard InChI is InChI=1S/C21H36O2/c1-3-4-5-6-7-8-9-10-11-12-13-14-18(2)20-17-19(22)15-16-21(20)23/h15-18,22-23H,3-14H2,1-2H3. The average molecular weight is 321 g/mol. The number of unbranched alkanes of at least 4 members (excludes halogenated alkanes) is 10. The highest BCUT2D eigenvalue weighted by molar-refractivity contribution is 5.40. The third kappa shape index (κ3) is 8.88. The van der Waals surface area contributed by atoms with Crippen LogP contribution in [0.3, 0.4) is 0 Å². The Hall–Kier alpha value is -1.18. The van der Waals surface area contributed by atoms with E-state index < -0.39 is 0 Å². The molecular weight excluding hydrogens is 284 g/mol. The van der Waals surface area contributed by atoms with Crippen molar-refractivity contribution in [2.75, 3.05) is 0 Å². The van der Waals surface area contributed by atoms with Crippen LogP contribution in [0.25, 0.3) is 0 Å². The molecule has 1 aromatic rings. The van der Waals surface area contributed by atoms with E-state index in [9.17, 15) is 10.2 Å². The Morgan fingerprint density at radius 2 is 1.30 bits per heavy atom. The lowest BCUT2D eigenvalue weighted by Gasteiger charge is -2.13. The largest absolute Gasteiger partial charge is 0.508 e. The summed E-state index contributed by atoms with van der Waals surface area (Å²) in [5.41, 5.74) is 0.872. The summed E-state index contributed by atoms with van der Waals surface area (Å²) in [5, 5.41) is 19.4. The maximum absolute atomic E-state index is 9.87. The topological polar surface area (TPSA) is 40.5 Å². The van der Waals surface area contributed by atoms with Crippen molar-refractivity contribution in [3.8, 4) is 11.5 Å². The van der Waals surface area contributed by atoms with E-state index in [-0.39, 0.29) is 5.75 Å². The molecule has 1 atom stereocenters. The second-order valence-corrected chi connectivity index (χ2v) is 6.97.